The van der Waals surface area contributed by atoms with Gasteiger partial charge in [-0.05, 0) is 37.0 Å². The van der Waals surface area contributed by atoms with Gasteiger partial charge in [0.25, 0.3) is 0 Å². The summed E-state index contributed by atoms with van der Waals surface area (Å²) >= 11 is 0. The van der Waals surface area contributed by atoms with Crippen LogP contribution in [0, 0.1) is 5.82 Å². The number of likely N-dealkylation sites (tertiary alicyclic amines) is 1. The number of halogens is 1. The molecule has 1 fully saturated rings. The number of amides is 1. The number of carbonyl (C=O) groups excluding carboxylic acids is 1. The van der Waals surface area contributed by atoms with E-state index in [4.69, 9.17) is 5.73 Å². The molecule has 2 rings (SSSR count). The van der Waals surface area contributed by atoms with Crippen LogP contribution in [0.1, 0.15) is 24.8 Å². The van der Waals surface area contributed by atoms with Gasteiger partial charge in [0.15, 0.2) is 0 Å². The number of carbonyl (C=O) groups is 1. The zero-order valence-corrected chi connectivity index (χ0v) is 10.4. The molecule has 98 valence electrons. The molecule has 18 heavy (non-hydrogen) atoms. The van der Waals surface area contributed by atoms with Crippen LogP contribution in [0.3, 0.4) is 0 Å². The van der Waals surface area contributed by atoms with Crippen molar-refractivity contribution in [2.45, 2.75) is 31.7 Å². The maximum atomic E-state index is 12.7. The molecule has 1 aliphatic heterocycles. The highest BCUT2D eigenvalue weighted by atomic mass is 19.1. The van der Waals surface area contributed by atoms with E-state index >= 15 is 0 Å². The van der Waals surface area contributed by atoms with Crippen LogP contribution in [-0.4, -0.2) is 29.9 Å². The molecule has 0 saturated carbocycles. The van der Waals surface area contributed by atoms with E-state index in [0.29, 0.717) is 19.4 Å². The Kier molecular flexibility index (Phi) is 4.31. The van der Waals surface area contributed by atoms with Gasteiger partial charge < -0.3 is 10.6 Å². The Bertz CT molecular complexity index is 405. The summed E-state index contributed by atoms with van der Waals surface area (Å²) < 4.78 is 12.7. The highest BCUT2D eigenvalue weighted by Gasteiger charge is 2.26. The quantitative estimate of drug-likeness (QED) is 0.884. The molecule has 1 unspecified atom stereocenters. The molecular formula is C14H19FN2O. The van der Waals surface area contributed by atoms with Gasteiger partial charge in [-0.2, -0.15) is 0 Å². The largest absolute Gasteiger partial charge is 0.338 e. The fourth-order valence-electron chi connectivity index (χ4n) is 2.46. The Morgan fingerprint density at radius 2 is 2.11 bits per heavy atom. The minimum absolute atomic E-state index is 0.160. The molecule has 1 heterocycles. The van der Waals surface area contributed by atoms with E-state index in [1.807, 2.05) is 4.90 Å². The van der Waals surface area contributed by atoms with Crippen LogP contribution in [0.5, 0.6) is 0 Å². The molecule has 1 saturated heterocycles. The molecule has 1 aliphatic rings. The van der Waals surface area contributed by atoms with Crippen LogP contribution in [0.25, 0.3) is 0 Å². The summed E-state index contributed by atoms with van der Waals surface area (Å²) in [5.74, 6) is -0.0832. The number of aryl methyl sites for hydroxylation is 1. The first-order valence-corrected chi connectivity index (χ1v) is 6.44. The van der Waals surface area contributed by atoms with Gasteiger partial charge in [-0.15, -0.1) is 0 Å². The number of hydrogen-bond acceptors (Lipinski definition) is 2. The normalized spacial score (nSPS) is 19.2. The molecule has 0 aliphatic carbocycles. The lowest BCUT2D eigenvalue weighted by Crippen LogP contribution is -2.39. The van der Waals surface area contributed by atoms with E-state index in [1.165, 1.54) is 12.1 Å². The maximum absolute atomic E-state index is 12.7. The third-order valence-corrected chi connectivity index (χ3v) is 3.51. The van der Waals surface area contributed by atoms with E-state index in [1.54, 1.807) is 12.1 Å². The average Bonchev–Trinajstić information content (AvgIpc) is 2.86. The van der Waals surface area contributed by atoms with E-state index in [9.17, 15) is 9.18 Å². The molecule has 0 aromatic heterocycles. The summed E-state index contributed by atoms with van der Waals surface area (Å²) in [5.41, 5.74) is 6.64. The topological polar surface area (TPSA) is 46.3 Å². The predicted molar refractivity (Wildman–Crippen MR) is 68.5 cm³/mol. The minimum atomic E-state index is -0.243. The molecule has 3 nitrogen and oxygen atoms in total. The van der Waals surface area contributed by atoms with Crippen LogP contribution in [0.15, 0.2) is 24.3 Å². The van der Waals surface area contributed by atoms with Crippen molar-refractivity contribution in [3.8, 4) is 0 Å². The zero-order chi connectivity index (χ0) is 13.0. The second-order valence-corrected chi connectivity index (χ2v) is 4.75. The van der Waals surface area contributed by atoms with Crippen LogP contribution in [-0.2, 0) is 11.2 Å². The first-order chi connectivity index (χ1) is 8.70. The zero-order valence-electron chi connectivity index (χ0n) is 10.4. The molecule has 1 aromatic rings. The number of benzene rings is 1. The molecule has 2 N–H and O–H groups in total. The van der Waals surface area contributed by atoms with Crippen molar-refractivity contribution in [3.05, 3.63) is 35.6 Å². The van der Waals surface area contributed by atoms with E-state index in [-0.39, 0.29) is 17.8 Å². The van der Waals surface area contributed by atoms with Gasteiger partial charge in [-0.25, -0.2) is 4.39 Å². The summed E-state index contributed by atoms with van der Waals surface area (Å²) in [6.07, 6.45) is 3.19. The molecule has 0 radical (unpaired) electrons. The van der Waals surface area contributed by atoms with Crippen molar-refractivity contribution in [1.29, 1.82) is 0 Å². The second-order valence-electron chi connectivity index (χ2n) is 4.75. The van der Waals surface area contributed by atoms with Crippen LogP contribution >= 0.6 is 0 Å². The summed E-state index contributed by atoms with van der Waals surface area (Å²) in [5, 5.41) is 0. The summed E-state index contributed by atoms with van der Waals surface area (Å²) in [7, 11) is 0. The Morgan fingerprint density at radius 3 is 2.78 bits per heavy atom. The molecule has 4 heteroatoms. The standard InChI is InChI=1S/C14H19FN2O/c15-12-6-3-11(4-7-12)5-8-14(18)17-9-1-2-13(17)10-16/h3-4,6-7,13H,1-2,5,8-10,16H2. The Hall–Kier alpha value is -1.42. The van der Waals surface area contributed by atoms with Crippen molar-refractivity contribution >= 4 is 5.91 Å². The molecule has 1 aromatic carbocycles. The Balaban J connectivity index is 1.86. The smallest absolute Gasteiger partial charge is 0.223 e. The number of hydrogen-bond donors (Lipinski definition) is 1. The molecule has 1 atom stereocenters. The summed E-state index contributed by atoms with van der Waals surface area (Å²) in [6.45, 7) is 1.37. The van der Waals surface area contributed by atoms with Gasteiger partial charge in [-0.1, -0.05) is 12.1 Å². The van der Waals surface area contributed by atoms with Gasteiger partial charge in [0.1, 0.15) is 5.82 Å². The Morgan fingerprint density at radius 1 is 1.39 bits per heavy atom. The van der Waals surface area contributed by atoms with Crippen LogP contribution < -0.4 is 5.73 Å². The van der Waals surface area contributed by atoms with Crippen LogP contribution in [0.2, 0.25) is 0 Å². The van der Waals surface area contributed by atoms with Crippen LogP contribution in [0.4, 0.5) is 4.39 Å². The first-order valence-electron chi connectivity index (χ1n) is 6.44. The van der Waals surface area contributed by atoms with Crippen molar-refractivity contribution in [2.75, 3.05) is 13.1 Å². The predicted octanol–water partition coefficient (Wildman–Crippen LogP) is 1.71. The third-order valence-electron chi connectivity index (χ3n) is 3.51. The monoisotopic (exact) mass is 250 g/mol. The lowest BCUT2D eigenvalue weighted by atomic mass is 10.1. The van der Waals surface area contributed by atoms with E-state index in [0.717, 1.165) is 24.9 Å². The Labute approximate surface area is 107 Å². The SMILES string of the molecule is NCC1CCCN1C(=O)CCc1ccc(F)cc1. The van der Waals surface area contributed by atoms with Crippen molar-refractivity contribution in [3.63, 3.8) is 0 Å². The minimum Gasteiger partial charge on any atom is -0.338 e. The first kappa shape index (κ1) is 13.0. The fraction of sp³-hybridized carbons (Fsp3) is 0.500. The summed E-state index contributed by atoms with van der Waals surface area (Å²) in [4.78, 5) is 13.9. The van der Waals surface area contributed by atoms with Gasteiger partial charge in [0, 0.05) is 25.6 Å². The number of nitrogens with two attached hydrogens (primary N) is 1. The van der Waals surface area contributed by atoms with Gasteiger partial charge in [0.05, 0.1) is 0 Å². The van der Waals surface area contributed by atoms with E-state index in [2.05, 4.69) is 0 Å². The van der Waals surface area contributed by atoms with Gasteiger partial charge in [0.2, 0.25) is 5.91 Å². The van der Waals surface area contributed by atoms with Crippen molar-refractivity contribution in [2.24, 2.45) is 5.73 Å². The lowest BCUT2D eigenvalue weighted by Gasteiger charge is -2.23. The molecule has 0 spiro atoms. The van der Waals surface area contributed by atoms with E-state index < -0.39 is 0 Å². The van der Waals surface area contributed by atoms with Crippen molar-refractivity contribution in [1.82, 2.24) is 4.90 Å². The molecule has 0 bridgehead atoms. The second kappa shape index (κ2) is 5.96. The highest BCUT2D eigenvalue weighted by Crippen LogP contribution is 2.18. The number of rotatable bonds is 4. The molecule has 1 amide bonds. The lowest BCUT2D eigenvalue weighted by molar-refractivity contribution is -0.131. The summed E-state index contributed by atoms with van der Waals surface area (Å²) in [6, 6.07) is 6.53. The molecular weight excluding hydrogens is 231 g/mol. The van der Waals surface area contributed by atoms with Crippen molar-refractivity contribution < 1.29 is 9.18 Å². The average molecular weight is 250 g/mol. The fourth-order valence-corrected chi connectivity index (χ4v) is 2.46. The maximum Gasteiger partial charge on any atom is 0.223 e. The van der Waals surface area contributed by atoms with Gasteiger partial charge >= 0.3 is 0 Å². The number of nitrogens with zero attached hydrogens (tertiary/aromatic N) is 1. The van der Waals surface area contributed by atoms with Gasteiger partial charge in [-0.3, -0.25) is 4.79 Å². The third kappa shape index (κ3) is 3.07. The highest BCUT2D eigenvalue weighted by molar-refractivity contribution is 5.77.